The molecule has 1 saturated carbocycles. The number of halogens is 2. The van der Waals surface area contributed by atoms with Gasteiger partial charge in [-0.25, -0.2) is 4.79 Å². The van der Waals surface area contributed by atoms with Crippen molar-refractivity contribution in [2.75, 3.05) is 0 Å². The smallest absolute Gasteiger partial charge is 0.334 e. The number of carbonyl (C=O) groups excluding carboxylic acids is 1. The van der Waals surface area contributed by atoms with Crippen LogP contribution in [0.1, 0.15) is 50.9 Å². The average molecular weight is 395 g/mol. The van der Waals surface area contributed by atoms with Crippen molar-refractivity contribution < 1.29 is 14.1 Å². The third-order valence-electron chi connectivity index (χ3n) is 4.11. The summed E-state index contributed by atoms with van der Waals surface area (Å²) in [6, 6.07) is 5.43. The van der Waals surface area contributed by atoms with E-state index >= 15 is 0 Å². The molecule has 0 amide bonds. The Kier molecular flexibility index (Phi) is 4.88. The van der Waals surface area contributed by atoms with E-state index in [1.54, 1.807) is 26.8 Å². The van der Waals surface area contributed by atoms with Gasteiger partial charge < -0.3 is 9.26 Å². The van der Waals surface area contributed by atoms with Crippen LogP contribution in [0, 0.1) is 0 Å². The molecule has 3 rings (SSSR count). The topological polar surface area (TPSA) is 65.2 Å². The van der Waals surface area contributed by atoms with Crippen LogP contribution in [0.2, 0.25) is 10.0 Å². The predicted octanol–water partition coefficient (Wildman–Crippen LogP) is 4.90. The molecule has 0 unspecified atom stereocenters. The SMILES string of the molecule is C=C(Cc1nc(C2(c3cc(Cl)cc(Cl)c3)CC2)no1)C(=O)OC(C)(C)C. The molecule has 0 aliphatic heterocycles. The van der Waals surface area contributed by atoms with Crippen molar-refractivity contribution >= 4 is 29.2 Å². The predicted molar refractivity (Wildman–Crippen MR) is 99.5 cm³/mol. The second-order valence-electron chi connectivity index (χ2n) is 7.53. The van der Waals surface area contributed by atoms with Crippen LogP contribution < -0.4 is 0 Å². The molecular weight excluding hydrogens is 375 g/mol. The van der Waals surface area contributed by atoms with Crippen molar-refractivity contribution in [2.45, 2.75) is 51.0 Å². The van der Waals surface area contributed by atoms with Gasteiger partial charge in [-0.1, -0.05) is 34.9 Å². The molecule has 2 aromatic rings. The van der Waals surface area contributed by atoms with Crippen LogP contribution in [0.3, 0.4) is 0 Å². The van der Waals surface area contributed by atoms with Gasteiger partial charge in [-0.3, -0.25) is 0 Å². The van der Waals surface area contributed by atoms with Crippen molar-refractivity contribution in [1.82, 2.24) is 10.1 Å². The Morgan fingerprint density at radius 1 is 1.27 bits per heavy atom. The van der Waals surface area contributed by atoms with Crippen LogP contribution in [0.25, 0.3) is 0 Å². The number of carbonyl (C=O) groups is 1. The van der Waals surface area contributed by atoms with E-state index in [1.165, 1.54) is 0 Å². The van der Waals surface area contributed by atoms with E-state index in [4.69, 9.17) is 32.5 Å². The van der Waals surface area contributed by atoms with E-state index in [0.717, 1.165) is 18.4 Å². The van der Waals surface area contributed by atoms with Crippen molar-refractivity contribution in [3.05, 3.63) is 57.7 Å². The molecule has 1 fully saturated rings. The van der Waals surface area contributed by atoms with Gasteiger partial charge in [0.05, 0.1) is 11.8 Å². The molecule has 0 saturated heterocycles. The van der Waals surface area contributed by atoms with Gasteiger partial charge >= 0.3 is 5.97 Å². The molecule has 0 spiro atoms. The quantitative estimate of drug-likeness (QED) is 0.532. The third kappa shape index (κ3) is 4.10. The summed E-state index contributed by atoms with van der Waals surface area (Å²) in [6.45, 7) is 9.17. The maximum atomic E-state index is 12.0. The van der Waals surface area contributed by atoms with Gasteiger partial charge in [-0.2, -0.15) is 4.98 Å². The Labute approximate surface area is 162 Å². The van der Waals surface area contributed by atoms with Crippen LogP contribution in [0.4, 0.5) is 0 Å². The Hall–Kier alpha value is -1.85. The number of hydrogen-bond acceptors (Lipinski definition) is 5. The first kappa shape index (κ1) is 18.9. The molecule has 7 heteroatoms. The van der Waals surface area contributed by atoms with Gasteiger partial charge in [0.15, 0.2) is 5.82 Å². The summed E-state index contributed by atoms with van der Waals surface area (Å²) in [5, 5.41) is 5.25. The lowest BCUT2D eigenvalue weighted by molar-refractivity contribution is -0.150. The lowest BCUT2D eigenvalue weighted by atomic mass is 9.95. The molecule has 1 aromatic heterocycles. The fraction of sp³-hybridized carbons (Fsp3) is 0.421. The minimum absolute atomic E-state index is 0.147. The van der Waals surface area contributed by atoms with E-state index in [9.17, 15) is 4.79 Å². The van der Waals surface area contributed by atoms with E-state index in [1.807, 2.05) is 12.1 Å². The minimum atomic E-state index is -0.579. The van der Waals surface area contributed by atoms with Crippen LogP contribution >= 0.6 is 23.2 Å². The van der Waals surface area contributed by atoms with Gasteiger partial charge in [0.25, 0.3) is 0 Å². The molecule has 0 atom stereocenters. The molecule has 5 nitrogen and oxygen atoms in total. The molecule has 0 N–H and O–H groups in total. The fourth-order valence-corrected chi connectivity index (χ4v) is 3.25. The molecule has 138 valence electrons. The summed E-state index contributed by atoms with van der Waals surface area (Å²) in [5.41, 5.74) is 0.326. The lowest BCUT2D eigenvalue weighted by Gasteiger charge is -2.19. The summed E-state index contributed by atoms with van der Waals surface area (Å²) in [5.74, 6) is 0.429. The number of aromatic nitrogens is 2. The highest BCUT2D eigenvalue weighted by atomic mass is 35.5. The Bertz CT molecular complexity index is 844. The van der Waals surface area contributed by atoms with Gasteiger partial charge in [-0.15, -0.1) is 0 Å². The highest BCUT2D eigenvalue weighted by molar-refractivity contribution is 6.34. The van der Waals surface area contributed by atoms with Crippen LogP contribution in [0.5, 0.6) is 0 Å². The zero-order valence-electron chi connectivity index (χ0n) is 14.9. The van der Waals surface area contributed by atoms with Crippen molar-refractivity contribution in [1.29, 1.82) is 0 Å². The highest BCUT2D eigenvalue weighted by Gasteiger charge is 2.50. The number of esters is 1. The highest BCUT2D eigenvalue weighted by Crippen LogP contribution is 2.53. The third-order valence-corrected chi connectivity index (χ3v) is 4.55. The molecule has 1 aliphatic rings. The van der Waals surface area contributed by atoms with Crippen LogP contribution in [0.15, 0.2) is 34.9 Å². The van der Waals surface area contributed by atoms with E-state index in [-0.39, 0.29) is 17.4 Å². The maximum Gasteiger partial charge on any atom is 0.334 e. The summed E-state index contributed by atoms with van der Waals surface area (Å²) >= 11 is 12.2. The largest absolute Gasteiger partial charge is 0.457 e. The van der Waals surface area contributed by atoms with E-state index < -0.39 is 11.6 Å². The first-order valence-corrected chi connectivity index (χ1v) is 9.05. The average Bonchev–Trinajstić information content (AvgIpc) is 3.19. The van der Waals surface area contributed by atoms with Crippen molar-refractivity contribution in [3.63, 3.8) is 0 Å². The molecule has 0 radical (unpaired) electrons. The fourth-order valence-electron chi connectivity index (χ4n) is 2.72. The summed E-state index contributed by atoms with van der Waals surface area (Å²) < 4.78 is 10.6. The Morgan fingerprint density at radius 3 is 2.42 bits per heavy atom. The van der Waals surface area contributed by atoms with Gasteiger partial charge in [0.2, 0.25) is 5.89 Å². The van der Waals surface area contributed by atoms with Gasteiger partial charge in [0, 0.05) is 15.6 Å². The Balaban J connectivity index is 1.76. The van der Waals surface area contributed by atoms with E-state index in [0.29, 0.717) is 21.8 Å². The van der Waals surface area contributed by atoms with Crippen LogP contribution in [-0.4, -0.2) is 21.7 Å². The molecule has 0 bridgehead atoms. The number of rotatable bonds is 5. The monoisotopic (exact) mass is 394 g/mol. The van der Waals surface area contributed by atoms with Crippen molar-refractivity contribution in [2.24, 2.45) is 0 Å². The number of hydrogen-bond donors (Lipinski definition) is 0. The minimum Gasteiger partial charge on any atom is -0.457 e. The second-order valence-corrected chi connectivity index (χ2v) is 8.41. The normalized spacial score (nSPS) is 15.6. The summed E-state index contributed by atoms with van der Waals surface area (Å²) in [6.07, 6.45) is 1.92. The van der Waals surface area contributed by atoms with Gasteiger partial charge in [0.1, 0.15) is 5.60 Å². The van der Waals surface area contributed by atoms with Gasteiger partial charge in [-0.05, 0) is 57.4 Å². The zero-order valence-corrected chi connectivity index (χ0v) is 16.4. The standard InChI is InChI=1S/C19H20Cl2N2O3/c1-11(16(24)25-18(2,3)4)7-15-22-17(23-26-15)19(5-6-19)12-8-13(20)10-14(21)9-12/h8-10H,1,5-7H2,2-4H3. The molecular formula is C19H20Cl2N2O3. The molecule has 1 aliphatic carbocycles. The summed E-state index contributed by atoms with van der Waals surface area (Å²) in [4.78, 5) is 16.5. The molecule has 1 heterocycles. The number of benzene rings is 1. The Morgan fingerprint density at radius 2 is 1.88 bits per heavy atom. The first-order chi connectivity index (χ1) is 12.1. The second kappa shape index (κ2) is 6.71. The number of nitrogens with zero attached hydrogens (tertiary/aromatic N) is 2. The lowest BCUT2D eigenvalue weighted by Crippen LogP contribution is -2.25. The summed E-state index contributed by atoms with van der Waals surface area (Å²) in [7, 11) is 0. The molecule has 1 aromatic carbocycles. The maximum absolute atomic E-state index is 12.0. The van der Waals surface area contributed by atoms with Crippen LogP contribution in [-0.2, 0) is 21.4 Å². The zero-order chi connectivity index (χ0) is 19.1. The van der Waals surface area contributed by atoms with E-state index in [2.05, 4.69) is 16.7 Å². The number of ether oxygens (including phenoxy) is 1. The van der Waals surface area contributed by atoms with Crippen molar-refractivity contribution in [3.8, 4) is 0 Å². The first-order valence-electron chi connectivity index (χ1n) is 8.30. The molecule has 26 heavy (non-hydrogen) atoms.